The monoisotopic (exact) mass is 536 g/mol. The minimum atomic E-state index is -0.762. The normalized spacial score (nSPS) is 19.9. The Hall–Kier alpha value is -3.52. The predicted octanol–water partition coefficient (Wildman–Crippen LogP) is 4.96. The van der Waals surface area contributed by atoms with Crippen LogP contribution in [0.5, 0.6) is 17.2 Å². The van der Waals surface area contributed by atoms with Crippen molar-refractivity contribution in [3.63, 3.8) is 0 Å². The van der Waals surface area contributed by atoms with Crippen molar-refractivity contribution >= 4 is 17.4 Å². The number of benzene rings is 2. The lowest BCUT2D eigenvalue weighted by Crippen LogP contribution is -2.35. The first-order valence-electron chi connectivity index (χ1n) is 13.9. The van der Waals surface area contributed by atoms with Crippen molar-refractivity contribution in [1.82, 2.24) is 9.80 Å². The zero-order valence-electron chi connectivity index (χ0n) is 23.7. The number of ketones is 1. The maximum Gasteiger partial charge on any atom is 0.295 e. The molecule has 1 saturated heterocycles. The quantitative estimate of drug-likeness (QED) is 0.178. The first-order chi connectivity index (χ1) is 18.7. The molecule has 2 aromatic carbocycles. The summed E-state index contributed by atoms with van der Waals surface area (Å²) >= 11 is 0. The summed E-state index contributed by atoms with van der Waals surface area (Å²) in [4.78, 5) is 30.2. The summed E-state index contributed by atoms with van der Waals surface area (Å²) < 4.78 is 17.7. The maximum absolute atomic E-state index is 13.4. The number of aliphatic hydroxyl groups excluding tert-OH is 1. The largest absolute Gasteiger partial charge is 0.507 e. The molecule has 1 fully saturated rings. The van der Waals surface area contributed by atoms with Crippen molar-refractivity contribution in [2.24, 2.45) is 0 Å². The summed E-state index contributed by atoms with van der Waals surface area (Å²) in [5, 5.41) is 11.5. The van der Waals surface area contributed by atoms with Crippen LogP contribution in [-0.4, -0.2) is 73.1 Å². The number of unbranched alkanes of at least 4 members (excludes halogenated alkanes) is 2. The second-order valence-electron chi connectivity index (χ2n) is 10.4. The van der Waals surface area contributed by atoms with E-state index in [0.717, 1.165) is 30.6 Å². The van der Waals surface area contributed by atoms with Gasteiger partial charge in [-0.1, -0.05) is 25.8 Å². The summed E-state index contributed by atoms with van der Waals surface area (Å²) in [6.07, 6.45) is 3.89. The van der Waals surface area contributed by atoms with Crippen LogP contribution in [0.15, 0.2) is 42.0 Å². The van der Waals surface area contributed by atoms with E-state index >= 15 is 0 Å². The molecule has 210 valence electrons. The van der Waals surface area contributed by atoms with E-state index < -0.39 is 17.7 Å². The number of hydrogen-bond donors (Lipinski definition) is 1. The highest BCUT2D eigenvalue weighted by atomic mass is 16.5. The van der Waals surface area contributed by atoms with Crippen LogP contribution in [0.4, 0.5) is 0 Å². The number of carbonyl (C=O) groups is 2. The van der Waals surface area contributed by atoms with Gasteiger partial charge in [-0.15, -0.1) is 0 Å². The molecule has 39 heavy (non-hydrogen) atoms. The first-order valence-corrected chi connectivity index (χ1v) is 13.9. The van der Waals surface area contributed by atoms with Gasteiger partial charge in [0, 0.05) is 25.1 Å². The number of aliphatic hydroxyl groups is 1. The van der Waals surface area contributed by atoms with Crippen molar-refractivity contribution in [2.45, 2.75) is 58.6 Å². The van der Waals surface area contributed by atoms with Gasteiger partial charge in [0.2, 0.25) is 0 Å². The molecule has 1 amide bonds. The second kappa shape index (κ2) is 12.6. The van der Waals surface area contributed by atoms with Crippen molar-refractivity contribution in [2.75, 3.05) is 40.4 Å². The van der Waals surface area contributed by atoms with E-state index in [2.05, 4.69) is 6.92 Å². The Balaban J connectivity index is 1.77. The van der Waals surface area contributed by atoms with Crippen molar-refractivity contribution in [3.8, 4) is 17.2 Å². The third-order valence-electron chi connectivity index (χ3n) is 7.09. The standard InChI is InChI=1S/C31H40N2O6/c1-6-8-9-16-38-25-13-10-21(19-26(25)37-7-2)28-27(30(35)31(36)33(28)15-14-32(4)5)29(34)22-11-12-24-23(18-22)17-20(3)39-24/h10-13,18-20,28,34H,6-9,14-17H2,1-5H3/b29-27+/t20-,28+/m1/s1. The van der Waals surface area contributed by atoms with Gasteiger partial charge in [-0.25, -0.2) is 0 Å². The van der Waals surface area contributed by atoms with Gasteiger partial charge in [-0.3, -0.25) is 9.59 Å². The average molecular weight is 537 g/mol. The van der Waals surface area contributed by atoms with Crippen LogP contribution >= 0.6 is 0 Å². The molecule has 2 atom stereocenters. The molecule has 8 heteroatoms. The molecule has 2 aromatic rings. The smallest absolute Gasteiger partial charge is 0.295 e. The van der Waals surface area contributed by atoms with Crippen LogP contribution < -0.4 is 14.2 Å². The Morgan fingerprint density at radius 2 is 1.87 bits per heavy atom. The Bertz CT molecular complexity index is 1240. The lowest BCUT2D eigenvalue weighted by Gasteiger charge is -2.27. The van der Waals surface area contributed by atoms with E-state index in [1.807, 2.05) is 63.2 Å². The van der Waals surface area contributed by atoms with Gasteiger partial charge in [0.1, 0.15) is 17.6 Å². The SMILES string of the molecule is CCCCCOc1ccc([C@H]2/C(=C(\O)c3ccc4c(c3)C[C@@H](C)O4)C(=O)C(=O)N2CCN(C)C)cc1OCC. The zero-order chi connectivity index (χ0) is 28.1. The molecule has 8 nitrogen and oxygen atoms in total. The predicted molar refractivity (Wildman–Crippen MR) is 150 cm³/mol. The van der Waals surface area contributed by atoms with E-state index in [0.29, 0.717) is 55.4 Å². The summed E-state index contributed by atoms with van der Waals surface area (Å²) in [6.45, 7) is 7.94. The molecule has 0 radical (unpaired) electrons. The molecule has 0 aliphatic carbocycles. The molecule has 4 rings (SSSR count). The highest BCUT2D eigenvalue weighted by molar-refractivity contribution is 6.46. The van der Waals surface area contributed by atoms with Gasteiger partial charge in [0.25, 0.3) is 11.7 Å². The lowest BCUT2D eigenvalue weighted by atomic mass is 9.94. The Morgan fingerprint density at radius 3 is 2.59 bits per heavy atom. The lowest BCUT2D eigenvalue weighted by molar-refractivity contribution is -0.140. The molecule has 0 saturated carbocycles. The molecule has 0 unspecified atom stereocenters. The molecule has 2 aliphatic rings. The summed E-state index contributed by atoms with van der Waals surface area (Å²) in [5.41, 5.74) is 2.21. The number of likely N-dealkylation sites (N-methyl/N-ethyl adjacent to an activating group) is 1. The van der Waals surface area contributed by atoms with Crippen LogP contribution in [0.3, 0.4) is 0 Å². The molecule has 0 spiro atoms. The van der Waals surface area contributed by atoms with Gasteiger partial charge >= 0.3 is 0 Å². The van der Waals surface area contributed by atoms with Gasteiger partial charge in [0.05, 0.1) is 24.8 Å². The topological polar surface area (TPSA) is 88.5 Å². The second-order valence-corrected chi connectivity index (χ2v) is 10.4. The van der Waals surface area contributed by atoms with Crippen LogP contribution in [0.2, 0.25) is 0 Å². The van der Waals surface area contributed by atoms with E-state index in [1.165, 1.54) is 0 Å². The van der Waals surface area contributed by atoms with Crippen LogP contribution in [0.25, 0.3) is 5.76 Å². The third-order valence-corrected chi connectivity index (χ3v) is 7.09. The van der Waals surface area contributed by atoms with E-state index in [1.54, 1.807) is 11.0 Å². The van der Waals surface area contributed by atoms with E-state index in [9.17, 15) is 14.7 Å². The maximum atomic E-state index is 13.4. The Labute approximate surface area is 231 Å². The summed E-state index contributed by atoms with van der Waals surface area (Å²) in [7, 11) is 3.83. The first kappa shape index (κ1) is 28.5. The molecular weight excluding hydrogens is 496 g/mol. The van der Waals surface area contributed by atoms with Crippen LogP contribution in [-0.2, 0) is 16.0 Å². The van der Waals surface area contributed by atoms with Crippen molar-refractivity contribution in [3.05, 3.63) is 58.7 Å². The fraction of sp³-hybridized carbons (Fsp3) is 0.484. The van der Waals surface area contributed by atoms with Crippen molar-refractivity contribution < 1.29 is 28.9 Å². The number of fused-ring (bicyclic) bond motifs is 1. The molecular formula is C31H40N2O6. The highest BCUT2D eigenvalue weighted by Crippen LogP contribution is 2.42. The number of Topliss-reactive ketones (excluding diaryl/α,β-unsaturated/α-hetero) is 1. The van der Waals surface area contributed by atoms with Gasteiger partial charge in [-0.2, -0.15) is 0 Å². The molecule has 2 heterocycles. The van der Waals surface area contributed by atoms with E-state index in [4.69, 9.17) is 14.2 Å². The minimum absolute atomic E-state index is 0.0497. The molecule has 0 bridgehead atoms. The molecule has 1 N–H and O–H groups in total. The zero-order valence-corrected chi connectivity index (χ0v) is 23.7. The average Bonchev–Trinajstić information content (AvgIpc) is 3.40. The fourth-order valence-electron chi connectivity index (χ4n) is 5.11. The third kappa shape index (κ3) is 6.22. The molecule has 0 aromatic heterocycles. The van der Waals surface area contributed by atoms with Crippen LogP contribution in [0, 0.1) is 0 Å². The number of carbonyl (C=O) groups excluding carboxylic acids is 2. The summed E-state index contributed by atoms with van der Waals surface area (Å²) in [6, 6.07) is 10.1. The van der Waals surface area contributed by atoms with Gasteiger partial charge in [-0.05, 0) is 75.8 Å². The Morgan fingerprint density at radius 1 is 1.08 bits per heavy atom. The summed E-state index contributed by atoms with van der Waals surface area (Å²) in [5.74, 6) is 0.436. The number of nitrogens with zero attached hydrogens (tertiary/aromatic N) is 2. The van der Waals surface area contributed by atoms with Gasteiger partial charge in [0.15, 0.2) is 11.5 Å². The fourth-order valence-corrected chi connectivity index (χ4v) is 5.11. The van der Waals surface area contributed by atoms with Crippen molar-refractivity contribution in [1.29, 1.82) is 0 Å². The minimum Gasteiger partial charge on any atom is -0.507 e. The number of ether oxygens (including phenoxy) is 3. The number of rotatable bonds is 12. The number of hydrogen-bond acceptors (Lipinski definition) is 7. The Kier molecular flexibility index (Phi) is 9.17. The van der Waals surface area contributed by atoms with Crippen LogP contribution in [0.1, 0.15) is 62.8 Å². The highest BCUT2D eigenvalue weighted by Gasteiger charge is 2.46. The van der Waals surface area contributed by atoms with Gasteiger partial charge < -0.3 is 29.1 Å². The molecule has 2 aliphatic heterocycles. The number of likely N-dealkylation sites (tertiary alicyclic amines) is 1. The number of amides is 1. The van der Waals surface area contributed by atoms with E-state index in [-0.39, 0.29) is 17.4 Å².